The number of hydrogen-bond acceptors (Lipinski definition) is 4. The van der Waals surface area contributed by atoms with E-state index in [1.807, 2.05) is 30.3 Å². The Kier molecular flexibility index (Phi) is 5.66. The van der Waals surface area contributed by atoms with Gasteiger partial charge in [0, 0.05) is 26.2 Å². The van der Waals surface area contributed by atoms with Crippen LogP contribution in [0, 0.1) is 5.92 Å². The predicted octanol–water partition coefficient (Wildman–Crippen LogP) is 2.54. The minimum Gasteiger partial charge on any atom is -0.376 e. The lowest BCUT2D eigenvalue weighted by molar-refractivity contribution is -0.126. The van der Waals surface area contributed by atoms with Gasteiger partial charge in [0.2, 0.25) is 15.9 Å². The molecule has 1 N–H and O–H groups in total. The molecular weight excluding hydrogens is 376 g/mol. The second-order valence-electron chi connectivity index (χ2n) is 7.59. The molecule has 2 aromatic rings. The molecule has 28 heavy (non-hydrogen) atoms. The van der Waals surface area contributed by atoms with E-state index in [1.165, 1.54) is 4.31 Å². The summed E-state index contributed by atoms with van der Waals surface area (Å²) >= 11 is 0. The fourth-order valence-corrected chi connectivity index (χ4v) is 5.58. The van der Waals surface area contributed by atoms with Crippen LogP contribution in [0.3, 0.4) is 0 Å². The van der Waals surface area contributed by atoms with E-state index in [9.17, 15) is 13.2 Å². The molecule has 7 heteroatoms. The largest absolute Gasteiger partial charge is 0.376 e. The zero-order valence-electron chi connectivity index (χ0n) is 15.8. The Morgan fingerprint density at radius 1 is 1.11 bits per heavy atom. The first kappa shape index (κ1) is 19.4. The van der Waals surface area contributed by atoms with Crippen molar-refractivity contribution in [3.8, 4) is 0 Å². The molecule has 6 nitrogen and oxygen atoms in total. The standard InChI is InChI=1S/C21H26N2O4S/c24-21(22-14-19-8-4-12-27-19)18-7-3-11-23(15-18)28(25,26)20-10-9-16-5-1-2-6-17(16)13-20/h1-2,5-6,9-10,13,18-19H,3-4,7-8,11-12,14-15H2,(H,22,24)/t18-,19-/m0/s1. The van der Waals surface area contributed by atoms with E-state index in [2.05, 4.69) is 5.32 Å². The van der Waals surface area contributed by atoms with Crippen LogP contribution in [-0.2, 0) is 19.6 Å². The van der Waals surface area contributed by atoms with E-state index < -0.39 is 10.0 Å². The number of nitrogens with one attached hydrogen (secondary N) is 1. The lowest BCUT2D eigenvalue weighted by Crippen LogP contribution is -2.46. The van der Waals surface area contributed by atoms with Crippen LogP contribution in [0.5, 0.6) is 0 Å². The van der Waals surface area contributed by atoms with Gasteiger partial charge in [0.15, 0.2) is 0 Å². The monoisotopic (exact) mass is 402 g/mol. The van der Waals surface area contributed by atoms with Crippen molar-refractivity contribution in [1.29, 1.82) is 0 Å². The van der Waals surface area contributed by atoms with Crippen LogP contribution in [0.15, 0.2) is 47.4 Å². The average molecular weight is 403 g/mol. The number of sulfonamides is 1. The van der Waals surface area contributed by atoms with Crippen molar-refractivity contribution in [1.82, 2.24) is 9.62 Å². The first-order chi connectivity index (χ1) is 13.5. The van der Waals surface area contributed by atoms with E-state index in [1.54, 1.807) is 12.1 Å². The van der Waals surface area contributed by atoms with Crippen molar-refractivity contribution in [2.45, 2.75) is 36.7 Å². The number of piperidine rings is 1. The van der Waals surface area contributed by atoms with Crippen molar-refractivity contribution in [3.63, 3.8) is 0 Å². The van der Waals surface area contributed by atoms with Crippen LogP contribution >= 0.6 is 0 Å². The van der Waals surface area contributed by atoms with Gasteiger partial charge in [-0.2, -0.15) is 4.31 Å². The van der Waals surface area contributed by atoms with E-state index >= 15 is 0 Å². The number of amides is 1. The molecule has 0 aromatic heterocycles. The summed E-state index contributed by atoms with van der Waals surface area (Å²) in [7, 11) is -3.62. The molecule has 2 aromatic carbocycles. The SMILES string of the molecule is O=C(NC[C@@H]1CCCO1)[C@H]1CCCN(S(=O)(=O)c2ccc3ccccc3c2)C1. The molecule has 150 valence electrons. The quantitative estimate of drug-likeness (QED) is 0.834. The van der Waals surface area contributed by atoms with Crippen LogP contribution in [0.1, 0.15) is 25.7 Å². The second kappa shape index (κ2) is 8.19. The lowest BCUT2D eigenvalue weighted by atomic mass is 9.99. The second-order valence-corrected chi connectivity index (χ2v) is 9.53. The third-order valence-electron chi connectivity index (χ3n) is 5.64. The number of nitrogens with zero attached hydrogens (tertiary/aromatic N) is 1. The number of ether oxygens (including phenoxy) is 1. The maximum atomic E-state index is 13.1. The van der Waals surface area contributed by atoms with Crippen molar-refractivity contribution in [2.24, 2.45) is 5.92 Å². The zero-order chi connectivity index (χ0) is 19.6. The fraction of sp³-hybridized carbons (Fsp3) is 0.476. The van der Waals surface area contributed by atoms with Gasteiger partial charge in [-0.1, -0.05) is 30.3 Å². The van der Waals surface area contributed by atoms with Gasteiger partial charge >= 0.3 is 0 Å². The highest BCUT2D eigenvalue weighted by molar-refractivity contribution is 7.89. The average Bonchev–Trinajstić information content (AvgIpc) is 3.25. The number of benzene rings is 2. The summed E-state index contributed by atoms with van der Waals surface area (Å²) < 4.78 is 33.3. The van der Waals surface area contributed by atoms with Crippen LogP contribution in [0.2, 0.25) is 0 Å². The normalized spacial score (nSPS) is 23.7. The minimum absolute atomic E-state index is 0.0751. The van der Waals surface area contributed by atoms with Gasteiger partial charge in [0.25, 0.3) is 0 Å². The van der Waals surface area contributed by atoms with Crippen molar-refractivity contribution in [3.05, 3.63) is 42.5 Å². The number of rotatable bonds is 5. The summed E-state index contributed by atoms with van der Waals surface area (Å²) in [5.74, 6) is -0.390. The Morgan fingerprint density at radius 3 is 2.71 bits per heavy atom. The molecule has 2 atom stereocenters. The number of carbonyl (C=O) groups is 1. The number of hydrogen-bond donors (Lipinski definition) is 1. The molecule has 0 aliphatic carbocycles. The highest BCUT2D eigenvalue weighted by Crippen LogP contribution is 2.26. The van der Waals surface area contributed by atoms with Gasteiger partial charge in [-0.3, -0.25) is 4.79 Å². The lowest BCUT2D eigenvalue weighted by Gasteiger charge is -2.31. The molecule has 2 saturated heterocycles. The van der Waals surface area contributed by atoms with Gasteiger partial charge in [0.1, 0.15) is 0 Å². The summed E-state index contributed by atoms with van der Waals surface area (Å²) in [6.07, 6.45) is 3.48. The summed E-state index contributed by atoms with van der Waals surface area (Å²) in [5.41, 5.74) is 0. The summed E-state index contributed by atoms with van der Waals surface area (Å²) in [6, 6.07) is 12.9. The molecule has 2 aliphatic rings. The molecular formula is C21H26N2O4S. The Balaban J connectivity index is 1.45. The van der Waals surface area contributed by atoms with E-state index in [4.69, 9.17) is 4.74 Å². The third-order valence-corrected chi connectivity index (χ3v) is 7.50. The Labute approximate surface area is 165 Å². The zero-order valence-corrected chi connectivity index (χ0v) is 16.7. The Morgan fingerprint density at radius 2 is 1.93 bits per heavy atom. The van der Waals surface area contributed by atoms with Crippen molar-refractivity contribution < 1.29 is 17.9 Å². The molecule has 0 radical (unpaired) electrons. The number of fused-ring (bicyclic) bond motifs is 1. The van der Waals surface area contributed by atoms with Gasteiger partial charge in [0.05, 0.1) is 16.9 Å². The molecule has 0 saturated carbocycles. The highest BCUT2D eigenvalue weighted by atomic mass is 32.2. The third kappa shape index (κ3) is 4.06. The van der Waals surface area contributed by atoms with Gasteiger partial charge in [-0.25, -0.2) is 8.42 Å². The van der Waals surface area contributed by atoms with Crippen molar-refractivity contribution >= 4 is 26.7 Å². The van der Waals surface area contributed by atoms with Crippen LogP contribution in [0.4, 0.5) is 0 Å². The molecule has 0 spiro atoms. The Hall–Kier alpha value is -1.96. The molecule has 0 bridgehead atoms. The fourth-order valence-electron chi connectivity index (χ4n) is 4.02. The summed E-state index contributed by atoms with van der Waals surface area (Å²) in [4.78, 5) is 12.8. The van der Waals surface area contributed by atoms with E-state index in [0.717, 1.165) is 30.2 Å². The first-order valence-electron chi connectivity index (χ1n) is 9.92. The molecule has 2 heterocycles. The molecule has 0 unspecified atom stereocenters. The smallest absolute Gasteiger partial charge is 0.243 e. The molecule has 2 aliphatic heterocycles. The topological polar surface area (TPSA) is 75.7 Å². The van der Waals surface area contributed by atoms with Crippen LogP contribution in [0.25, 0.3) is 10.8 Å². The van der Waals surface area contributed by atoms with Gasteiger partial charge in [-0.05, 0) is 48.6 Å². The maximum absolute atomic E-state index is 13.1. The first-order valence-corrected chi connectivity index (χ1v) is 11.4. The van der Waals surface area contributed by atoms with Crippen LogP contribution in [-0.4, -0.2) is 51.0 Å². The Bertz CT molecular complexity index is 954. The highest BCUT2D eigenvalue weighted by Gasteiger charge is 2.33. The predicted molar refractivity (Wildman–Crippen MR) is 107 cm³/mol. The summed E-state index contributed by atoms with van der Waals surface area (Å²) in [5, 5.41) is 4.85. The molecule has 2 fully saturated rings. The van der Waals surface area contributed by atoms with Crippen molar-refractivity contribution in [2.75, 3.05) is 26.2 Å². The number of carbonyl (C=O) groups excluding carboxylic acids is 1. The maximum Gasteiger partial charge on any atom is 0.243 e. The van der Waals surface area contributed by atoms with E-state index in [-0.39, 0.29) is 29.4 Å². The molecule has 1 amide bonds. The van der Waals surface area contributed by atoms with E-state index in [0.29, 0.717) is 25.9 Å². The molecule has 4 rings (SSSR count). The minimum atomic E-state index is -3.62. The van der Waals surface area contributed by atoms with Gasteiger partial charge < -0.3 is 10.1 Å². The van der Waals surface area contributed by atoms with Crippen LogP contribution < -0.4 is 5.32 Å². The summed E-state index contributed by atoms with van der Waals surface area (Å²) in [6.45, 7) is 1.94. The van der Waals surface area contributed by atoms with Gasteiger partial charge in [-0.15, -0.1) is 0 Å².